The Hall–Kier alpha value is -0.120. The third-order valence-corrected chi connectivity index (χ3v) is 5.47. The highest BCUT2D eigenvalue weighted by Crippen LogP contribution is 2.37. The predicted octanol–water partition coefficient (Wildman–Crippen LogP) is 2.79. The van der Waals surface area contributed by atoms with Gasteiger partial charge < -0.3 is 10.5 Å². The Kier molecular flexibility index (Phi) is 5.67. The van der Waals surface area contributed by atoms with Crippen molar-refractivity contribution in [1.82, 2.24) is 4.90 Å². The van der Waals surface area contributed by atoms with Crippen molar-refractivity contribution in [3.63, 3.8) is 0 Å². The van der Waals surface area contributed by atoms with Gasteiger partial charge in [0.1, 0.15) is 0 Å². The standard InChI is InChI=1S/C16H32N2O/c1-3-5-14-7-10-18(11-8-14)16(13-17)9-4-6-15(12-16)19-2/h14-15H,3-13,17H2,1-2H3. The molecular formula is C16H32N2O. The quantitative estimate of drug-likeness (QED) is 0.833. The zero-order valence-corrected chi connectivity index (χ0v) is 12.9. The largest absolute Gasteiger partial charge is 0.381 e. The van der Waals surface area contributed by atoms with Crippen LogP contribution in [0.25, 0.3) is 0 Å². The minimum atomic E-state index is 0.232. The summed E-state index contributed by atoms with van der Waals surface area (Å²) in [4.78, 5) is 2.70. The van der Waals surface area contributed by atoms with E-state index in [1.807, 2.05) is 7.11 Å². The molecule has 0 aromatic carbocycles. The number of piperidine rings is 1. The van der Waals surface area contributed by atoms with E-state index in [9.17, 15) is 0 Å². The van der Waals surface area contributed by atoms with Crippen LogP contribution in [0.15, 0.2) is 0 Å². The first-order valence-electron chi connectivity index (χ1n) is 8.22. The highest BCUT2D eigenvalue weighted by atomic mass is 16.5. The molecule has 1 saturated heterocycles. The summed E-state index contributed by atoms with van der Waals surface area (Å²) in [7, 11) is 1.85. The molecule has 1 aliphatic carbocycles. The lowest BCUT2D eigenvalue weighted by atomic mass is 9.77. The van der Waals surface area contributed by atoms with Crippen LogP contribution in [0.1, 0.15) is 58.3 Å². The van der Waals surface area contributed by atoms with Gasteiger partial charge in [-0.1, -0.05) is 19.8 Å². The second-order valence-corrected chi connectivity index (χ2v) is 6.60. The van der Waals surface area contributed by atoms with E-state index in [0.29, 0.717) is 6.10 Å². The average Bonchev–Trinajstić information content (AvgIpc) is 2.48. The molecule has 0 amide bonds. The van der Waals surface area contributed by atoms with Crippen LogP contribution in [0.3, 0.4) is 0 Å². The highest BCUT2D eigenvalue weighted by molar-refractivity contribution is 4.98. The molecule has 0 spiro atoms. The van der Waals surface area contributed by atoms with Crippen LogP contribution >= 0.6 is 0 Å². The molecule has 2 fully saturated rings. The third kappa shape index (κ3) is 3.50. The SMILES string of the molecule is CCCC1CCN(C2(CN)CCCC(OC)C2)CC1. The highest BCUT2D eigenvalue weighted by Gasteiger charge is 2.41. The number of nitrogens with two attached hydrogens (primary N) is 1. The van der Waals surface area contributed by atoms with Gasteiger partial charge in [0.15, 0.2) is 0 Å². The van der Waals surface area contributed by atoms with Gasteiger partial charge in [-0.25, -0.2) is 0 Å². The van der Waals surface area contributed by atoms with E-state index in [-0.39, 0.29) is 5.54 Å². The van der Waals surface area contributed by atoms with Crippen LogP contribution < -0.4 is 5.73 Å². The van der Waals surface area contributed by atoms with Crippen LogP contribution in [-0.2, 0) is 4.74 Å². The fourth-order valence-electron chi connectivity index (χ4n) is 4.19. The van der Waals surface area contributed by atoms with Crippen LogP contribution in [0, 0.1) is 5.92 Å². The molecule has 3 nitrogen and oxygen atoms in total. The van der Waals surface area contributed by atoms with E-state index in [1.54, 1.807) is 0 Å². The second kappa shape index (κ2) is 7.05. The van der Waals surface area contributed by atoms with Crippen molar-refractivity contribution in [2.75, 3.05) is 26.7 Å². The molecule has 2 atom stereocenters. The average molecular weight is 268 g/mol. The van der Waals surface area contributed by atoms with Gasteiger partial charge in [0, 0.05) is 19.2 Å². The number of rotatable bonds is 5. The van der Waals surface area contributed by atoms with Crippen molar-refractivity contribution < 1.29 is 4.74 Å². The molecule has 2 N–H and O–H groups in total. The van der Waals surface area contributed by atoms with Gasteiger partial charge in [-0.05, 0) is 57.5 Å². The molecule has 0 radical (unpaired) electrons. The summed E-state index contributed by atoms with van der Waals surface area (Å²) >= 11 is 0. The minimum absolute atomic E-state index is 0.232. The first kappa shape index (κ1) is 15.3. The summed E-state index contributed by atoms with van der Waals surface area (Å²) < 4.78 is 5.62. The number of ether oxygens (including phenoxy) is 1. The molecule has 2 aliphatic rings. The number of nitrogens with zero attached hydrogens (tertiary/aromatic N) is 1. The molecule has 2 unspecified atom stereocenters. The van der Waals surface area contributed by atoms with Crippen molar-refractivity contribution in [2.24, 2.45) is 11.7 Å². The zero-order valence-electron chi connectivity index (χ0n) is 12.9. The summed E-state index contributed by atoms with van der Waals surface area (Å²) in [6.45, 7) is 5.60. The van der Waals surface area contributed by atoms with Gasteiger partial charge in [0.2, 0.25) is 0 Å². The lowest BCUT2D eigenvalue weighted by Gasteiger charge is -2.50. The molecule has 112 valence electrons. The van der Waals surface area contributed by atoms with E-state index < -0.39 is 0 Å². The van der Waals surface area contributed by atoms with Crippen molar-refractivity contribution in [3.05, 3.63) is 0 Å². The van der Waals surface area contributed by atoms with Gasteiger partial charge in [0.25, 0.3) is 0 Å². The number of hydrogen-bond acceptors (Lipinski definition) is 3. The smallest absolute Gasteiger partial charge is 0.0589 e. The Labute approximate surface area is 118 Å². The van der Waals surface area contributed by atoms with Gasteiger partial charge >= 0.3 is 0 Å². The molecule has 0 bridgehead atoms. The Bertz CT molecular complexity index is 263. The molecular weight excluding hydrogens is 236 g/mol. The van der Waals surface area contributed by atoms with E-state index >= 15 is 0 Å². The zero-order chi connectivity index (χ0) is 13.7. The Morgan fingerprint density at radius 1 is 1.26 bits per heavy atom. The monoisotopic (exact) mass is 268 g/mol. The summed E-state index contributed by atoms with van der Waals surface area (Å²) in [6.07, 6.45) is 10.8. The normalized spacial score (nSPS) is 34.6. The van der Waals surface area contributed by atoms with Crippen LogP contribution in [0.4, 0.5) is 0 Å². The fourth-order valence-corrected chi connectivity index (χ4v) is 4.19. The maximum Gasteiger partial charge on any atom is 0.0589 e. The summed E-state index contributed by atoms with van der Waals surface area (Å²) in [5, 5.41) is 0. The first-order chi connectivity index (χ1) is 9.24. The van der Waals surface area contributed by atoms with Crippen molar-refractivity contribution in [2.45, 2.75) is 69.9 Å². The molecule has 1 heterocycles. The number of methoxy groups -OCH3 is 1. The van der Waals surface area contributed by atoms with E-state index in [2.05, 4.69) is 11.8 Å². The Morgan fingerprint density at radius 3 is 2.58 bits per heavy atom. The predicted molar refractivity (Wildman–Crippen MR) is 80.3 cm³/mol. The van der Waals surface area contributed by atoms with Crippen molar-refractivity contribution in [3.8, 4) is 0 Å². The number of likely N-dealkylation sites (tertiary alicyclic amines) is 1. The molecule has 1 aliphatic heterocycles. The van der Waals surface area contributed by atoms with Gasteiger partial charge in [-0.2, -0.15) is 0 Å². The Morgan fingerprint density at radius 2 is 2.00 bits per heavy atom. The maximum atomic E-state index is 6.18. The summed E-state index contributed by atoms with van der Waals surface area (Å²) in [5.74, 6) is 0.956. The van der Waals surface area contributed by atoms with Crippen molar-refractivity contribution in [1.29, 1.82) is 0 Å². The van der Waals surface area contributed by atoms with E-state index in [1.165, 1.54) is 58.0 Å². The second-order valence-electron chi connectivity index (χ2n) is 6.60. The van der Waals surface area contributed by atoms with E-state index in [4.69, 9.17) is 10.5 Å². The van der Waals surface area contributed by atoms with Crippen LogP contribution in [0.2, 0.25) is 0 Å². The third-order valence-electron chi connectivity index (χ3n) is 5.47. The first-order valence-corrected chi connectivity index (χ1v) is 8.22. The molecule has 1 saturated carbocycles. The minimum Gasteiger partial charge on any atom is -0.381 e. The van der Waals surface area contributed by atoms with Gasteiger partial charge in [0.05, 0.1) is 6.10 Å². The van der Waals surface area contributed by atoms with Crippen LogP contribution in [-0.4, -0.2) is 43.3 Å². The Balaban J connectivity index is 1.94. The lowest BCUT2D eigenvalue weighted by molar-refractivity contribution is -0.0348. The summed E-state index contributed by atoms with van der Waals surface area (Å²) in [5.41, 5.74) is 6.41. The van der Waals surface area contributed by atoms with Gasteiger partial charge in [-0.15, -0.1) is 0 Å². The fraction of sp³-hybridized carbons (Fsp3) is 1.00. The van der Waals surface area contributed by atoms with Crippen molar-refractivity contribution >= 4 is 0 Å². The number of hydrogen-bond donors (Lipinski definition) is 1. The summed E-state index contributed by atoms with van der Waals surface area (Å²) in [6, 6.07) is 0. The lowest BCUT2D eigenvalue weighted by Crippen LogP contribution is -2.59. The van der Waals surface area contributed by atoms with Gasteiger partial charge in [-0.3, -0.25) is 4.90 Å². The molecule has 3 heteroatoms. The van der Waals surface area contributed by atoms with Crippen LogP contribution in [0.5, 0.6) is 0 Å². The molecule has 0 aromatic rings. The molecule has 0 aromatic heterocycles. The molecule has 2 rings (SSSR count). The molecule has 19 heavy (non-hydrogen) atoms. The van der Waals surface area contributed by atoms with E-state index in [0.717, 1.165) is 18.9 Å². The maximum absolute atomic E-state index is 6.18. The topological polar surface area (TPSA) is 38.5 Å².